The maximum atomic E-state index is 12.3. The van der Waals surface area contributed by atoms with Gasteiger partial charge in [-0.2, -0.15) is 0 Å². The Morgan fingerprint density at radius 1 is 1.43 bits per heavy atom. The molecule has 4 rings (SSSR count). The summed E-state index contributed by atoms with van der Waals surface area (Å²) in [7, 11) is 0. The van der Waals surface area contributed by atoms with Gasteiger partial charge in [0, 0.05) is 19.5 Å². The molecule has 0 aromatic carbocycles. The van der Waals surface area contributed by atoms with Gasteiger partial charge in [-0.1, -0.05) is 6.92 Å². The van der Waals surface area contributed by atoms with Crippen LogP contribution in [0.2, 0.25) is 0 Å². The van der Waals surface area contributed by atoms with Gasteiger partial charge in [-0.25, -0.2) is 4.79 Å². The monoisotopic (exact) mass is 294 g/mol. The normalized spacial score (nSPS) is 43.6. The van der Waals surface area contributed by atoms with Gasteiger partial charge in [0.15, 0.2) is 0 Å². The SMILES string of the molecule is CC1C2CN(C3COC3)C[C@@]3(CCC(=O)N3[C@@H]1C(=O)O)C2. The first-order valence-corrected chi connectivity index (χ1v) is 7.89. The van der Waals surface area contributed by atoms with Crippen molar-refractivity contribution in [2.45, 2.75) is 43.8 Å². The van der Waals surface area contributed by atoms with Crippen molar-refractivity contribution < 1.29 is 19.4 Å². The van der Waals surface area contributed by atoms with E-state index in [0.717, 1.165) is 39.1 Å². The predicted octanol–water partition coefficient (Wildman–Crippen LogP) is 0.171. The van der Waals surface area contributed by atoms with Crippen LogP contribution in [0.25, 0.3) is 0 Å². The Morgan fingerprint density at radius 3 is 2.81 bits per heavy atom. The molecule has 4 fully saturated rings. The highest BCUT2D eigenvalue weighted by Gasteiger charge is 2.60. The molecule has 1 spiro atoms. The van der Waals surface area contributed by atoms with E-state index in [1.807, 2.05) is 6.92 Å². The van der Waals surface area contributed by atoms with Gasteiger partial charge >= 0.3 is 5.97 Å². The number of carboxylic acids is 1. The van der Waals surface area contributed by atoms with E-state index in [-0.39, 0.29) is 17.4 Å². The van der Waals surface area contributed by atoms with Gasteiger partial charge in [0.05, 0.1) is 24.8 Å². The average Bonchev–Trinajstić information content (AvgIpc) is 2.65. The first-order valence-electron chi connectivity index (χ1n) is 7.89. The molecule has 0 radical (unpaired) electrons. The minimum absolute atomic E-state index is 0.0152. The fourth-order valence-electron chi connectivity index (χ4n) is 4.90. The van der Waals surface area contributed by atoms with Crippen LogP contribution in [0.5, 0.6) is 0 Å². The molecule has 2 bridgehead atoms. The molecule has 0 aromatic heterocycles. The average molecular weight is 294 g/mol. The van der Waals surface area contributed by atoms with E-state index < -0.39 is 12.0 Å². The summed E-state index contributed by atoms with van der Waals surface area (Å²) in [5, 5.41) is 9.63. The topological polar surface area (TPSA) is 70.1 Å². The van der Waals surface area contributed by atoms with Crippen molar-refractivity contribution in [3.63, 3.8) is 0 Å². The zero-order valence-electron chi connectivity index (χ0n) is 12.3. The summed E-state index contributed by atoms with van der Waals surface area (Å²) in [5.41, 5.74) is -0.245. The van der Waals surface area contributed by atoms with Crippen molar-refractivity contribution >= 4 is 11.9 Å². The third-order valence-electron chi connectivity index (χ3n) is 6.10. The number of amides is 1. The van der Waals surface area contributed by atoms with Crippen molar-refractivity contribution in [3.05, 3.63) is 0 Å². The minimum Gasteiger partial charge on any atom is -0.480 e. The molecule has 0 saturated carbocycles. The lowest BCUT2D eigenvalue weighted by atomic mass is 9.68. The molecule has 116 valence electrons. The number of piperidine rings is 2. The van der Waals surface area contributed by atoms with Crippen molar-refractivity contribution in [3.8, 4) is 0 Å². The Labute approximate surface area is 124 Å². The molecule has 4 atom stereocenters. The third kappa shape index (κ3) is 1.78. The number of carbonyl (C=O) groups is 2. The summed E-state index contributed by atoms with van der Waals surface area (Å²) in [5.74, 6) is -0.435. The summed E-state index contributed by atoms with van der Waals surface area (Å²) in [6.07, 6.45) is 2.27. The fourth-order valence-corrected chi connectivity index (χ4v) is 4.90. The molecule has 4 aliphatic rings. The highest BCUT2D eigenvalue weighted by molar-refractivity contribution is 5.87. The number of fused-ring (bicyclic) bond motifs is 1. The summed E-state index contributed by atoms with van der Waals surface area (Å²) in [6.45, 7) is 5.31. The van der Waals surface area contributed by atoms with Gasteiger partial charge in [-0.05, 0) is 24.7 Å². The van der Waals surface area contributed by atoms with Gasteiger partial charge in [-0.15, -0.1) is 0 Å². The quantitative estimate of drug-likeness (QED) is 0.786. The second-order valence-electron chi connectivity index (χ2n) is 7.22. The Kier molecular flexibility index (Phi) is 2.85. The number of carbonyl (C=O) groups excluding carboxylic acids is 1. The van der Waals surface area contributed by atoms with Gasteiger partial charge < -0.3 is 14.7 Å². The lowest BCUT2D eigenvalue weighted by molar-refractivity contribution is -0.176. The minimum atomic E-state index is -0.841. The number of hydrogen-bond donors (Lipinski definition) is 1. The van der Waals surface area contributed by atoms with E-state index in [2.05, 4.69) is 4.90 Å². The molecule has 0 aliphatic carbocycles. The molecule has 1 amide bonds. The summed E-state index contributed by atoms with van der Waals surface area (Å²) < 4.78 is 5.31. The van der Waals surface area contributed by atoms with Crippen LogP contribution < -0.4 is 0 Å². The number of rotatable bonds is 2. The van der Waals surface area contributed by atoms with E-state index >= 15 is 0 Å². The van der Waals surface area contributed by atoms with E-state index in [1.165, 1.54) is 0 Å². The number of ether oxygens (including phenoxy) is 1. The summed E-state index contributed by atoms with van der Waals surface area (Å²) >= 11 is 0. The van der Waals surface area contributed by atoms with Crippen LogP contribution in [0.1, 0.15) is 26.2 Å². The fraction of sp³-hybridized carbons (Fsp3) is 0.867. The summed E-state index contributed by atoms with van der Waals surface area (Å²) in [6, 6.07) is -0.186. The molecule has 6 nitrogen and oxygen atoms in total. The number of hydrogen-bond acceptors (Lipinski definition) is 4. The lowest BCUT2D eigenvalue weighted by Crippen LogP contribution is -2.71. The number of nitrogens with zero attached hydrogens (tertiary/aromatic N) is 2. The Balaban J connectivity index is 1.70. The van der Waals surface area contributed by atoms with Crippen LogP contribution in [0.4, 0.5) is 0 Å². The number of likely N-dealkylation sites (tertiary alicyclic amines) is 1. The zero-order chi connectivity index (χ0) is 14.8. The zero-order valence-corrected chi connectivity index (χ0v) is 12.3. The van der Waals surface area contributed by atoms with E-state index in [4.69, 9.17) is 4.74 Å². The predicted molar refractivity (Wildman–Crippen MR) is 73.7 cm³/mol. The third-order valence-corrected chi connectivity index (χ3v) is 6.10. The molecular formula is C15H22N2O4. The van der Waals surface area contributed by atoms with Crippen LogP contribution in [0.3, 0.4) is 0 Å². The molecule has 4 saturated heterocycles. The van der Waals surface area contributed by atoms with E-state index in [0.29, 0.717) is 18.4 Å². The van der Waals surface area contributed by atoms with Crippen molar-refractivity contribution in [1.29, 1.82) is 0 Å². The molecule has 1 N–H and O–H groups in total. The second kappa shape index (κ2) is 4.43. The molecular weight excluding hydrogens is 272 g/mol. The smallest absolute Gasteiger partial charge is 0.326 e. The van der Waals surface area contributed by atoms with Crippen molar-refractivity contribution in [2.75, 3.05) is 26.3 Å². The first kappa shape index (κ1) is 13.5. The van der Waals surface area contributed by atoms with Crippen LogP contribution >= 0.6 is 0 Å². The van der Waals surface area contributed by atoms with Crippen LogP contribution in [-0.4, -0.2) is 70.7 Å². The molecule has 4 heterocycles. The molecule has 6 heteroatoms. The maximum Gasteiger partial charge on any atom is 0.326 e. The van der Waals surface area contributed by atoms with Crippen molar-refractivity contribution in [2.24, 2.45) is 11.8 Å². The Morgan fingerprint density at radius 2 is 2.19 bits per heavy atom. The van der Waals surface area contributed by atoms with Gasteiger partial charge in [0.2, 0.25) is 5.91 Å². The van der Waals surface area contributed by atoms with Gasteiger partial charge in [-0.3, -0.25) is 9.69 Å². The highest BCUT2D eigenvalue weighted by Crippen LogP contribution is 2.49. The lowest BCUT2D eigenvalue weighted by Gasteiger charge is -2.59. The standard InChI is InChI=1S/C15H22N2O4/c1-9-10-4-15(8-16(5-10)11-6-21-7-11)3-2-12(18)17(15)13(9)14(19)20/h9-11,13H,2-8H2,1H3,(H,19,20)/t9?,10?,13-,15+/m0/s1. The van der Waals surface area contributed by atoms with Crippen LogP contribution in [0, 0.1) is 11.8 Å². The molecule has 0 aromatic rings. The van der Waals surface area contributed by atoms with Gasteiger partial charge in [0.1, 0.15) is 6.04 Å². The van der Waals surface area contributed by atoms with Gasteiger partial charge in [0.25, 0.3) is 0 Å². The molecule has 4 aliphatic heterocycles. The second-order valence-corrected chi connectivity index (χ2v) is 7.22. The number of aliphatic carboxylic acids is 1. The van der Waals surface area contributed by atoms with E-state index in [1.54, 1.807) is 4.90 Å². The molecule has 2 unspecified atom stereocenters. The Hall–Kier alpha value is -1.14. The highest BCUT2D eigenvalue weighted by atomic mass is 16.5. The largest absolute Gasteiger partial charge is 0.480 e. The molecule has 21 heavy (non-hydrogen) atoms. The first-order chi connectivity index (χ1) is 10.0. The van der Waals surface area contributed by atoms with Crippen LogP contribution in [0.15, 0.2) is 0 Å². The summed E-state index contributed by atoms with van der Waals surface area (Å²) in [4.78, 5) is 28.3. The van der Waals surface area contributed by atoms with Crippen molar-refractivity contribution in [1.82, 2.24) is 9.80 Å². The Bertz CT molecular complexity index is 492. The maximum absolute atomic E-state index is 12.3. The number of carboxylic acid groups (broad SMARTS) is 1. The van der Waals surface area contributed by atoms with Crippen LogP contribution in [-0.2, 0) is 14.3 Å². The van der Waals surface area contributed by atoms with E-state index in [9.17, 15) is 14.7 Å².